The van der Waals surface area contributed by atoms with E-state index in [0.717, 1.165) is 11.3 Å². The fourth-order valence-electron chi connectivity index (χ4n) is 1.63. The van der Waals surface area contributed by atoms with Crippen molar-refractivity contribution >= 4 is 23.2 Å². The lowest BCUT2D eigenvalue weighted by atomic mass is 10.3. The van der Waals surface area contributed by atoms with Gasteiger partial charge >= 0.3 is 0 Å². The maximum Gasteiger partial charge on any atom is 0.264 e. The number of likely N-dealkylation sites (N-methyl/N-ethyl adjacent to an activating group) is 1. The summed E-state index contributed by atoms with van der Waals surface area (Å²) in [6, 6.07) is 3.45. The first-order chi connectivity index (χ1) is 9.99. The van der Waals surface area contributed by atoms with Gasteiger partial charge < -0.3 is 14.9 Å². The molecular weight excluding hydrogens is 288 g/mol. The second-order valence-electron chi connectivity index (χ2n) is 4.64. The van der Waals surface area contributed by atoms with Crippen LogP contribution in [0.25, 0.3) is 0 Å². The van der Waals surface area contributed by atoms with E-state index < -0.39 is 0 Å². The van der Waals surface area contributed by atoms with Crippen molar-refractivity contribution in [3.8, 4) is 11.8 Å². The van der Waals surface area contributed by atoms with Gasteiger partial charge in [-0.1, -0.05) is 18.8 Å². The first-order valence-corrected chi connectivity index (χ1v) is 7.50. The number of aliphatic hydroxyl groups excluding tert-OH is 1. The van der Waals surface area contributed by atoms with Gasteiger partial charge in [0.05, 0.1) is 9.75 Å². The van der Waals surface area contributed by atoms with Crippen molar-refractivity contribution in [3.63, 3.8) is 0 Å². The van der Waals surface area contributed by atoms with Gasteiger partial charge in [-0.2, -0.15) is 0 Å². The van der Waals surface area contributed by atoms with E-state index in [9.17, 15) is 9.59 Å². The van der Waals surface area contributed by atoms with Crippen molar-refractivity contribution in [2.24, 2.45) is 0 Å². The monoisotopic (exact) mass is 308 g/mol. The van der Waals surface area contributed by atoms with Crippen LogP contribution in [0.5, 0.6) is 0 Å². The van der Waals surface area contributed by atoms with Crippen LogP contribution in [0.4, 0.5) is 0 Å². The highest BCUT2D eigenvalue weighted by atomic mass is 32.1. The third kappa shape index (κ3) is 5.21. The van der Waals surface area contributed by atoms with Crippen molar-refractivity contribution in [2.75, 3.05) is 33.8 Å². The standard InChI is InChI=1S/C15H20N2O3S/c1-4-9-17(11-14(19)16(2)3)15(20)13-8-7-12(21-13)6-5-10-18/h7-8,18H,4,9-11H2,1-3H3. The lowest BCUT2D eigenvalue weighted by Crippen LogP contribution is -2.40. The van der Waals surface area contributed by atoms with Crippen molar-refractivity contribution in [1.29, 1.82) is 0 Å². The van der Waals surface area contributed by atoms with E-state index in [4.69, 9.17) is 5.11 Å². The van der Waals surface area contributed by atoms with Crippen molar-refractivity contribution < 1.29 is 14.7 Å². The van der Waals surface area contributed by atoms with Crippen molar-refractivity contribution in [3.05, 3.63) is 21.9 Å². The van der Waals surface area contributed by atoms with Crippen LogP contribution in [0, 0.1) is 11.8 Å². The Morgan fingerprint density at radius 2 is 2.05 bits per heavy atom. The zero-order valence-electron chi connectivity index (χ0n) is 12.5. The highest BCUT2D eigenvalue weighted by Gasteiger charge is 2.20. The molecule has 1 aromatic rings. The number of amides is 2. The molecule has 0 saturated carbocycles. The summed E-state index contributed by atoms with van der Waals surface area (Å²) >= 11 is 1.27. The number of carbonyl (C=O) groups is 2. The van der Waals surface area contributed by atoms with Crippen LogP contribution in [0.2, 0.25) is 0 Å². The molecule has 0 radical (unpaired) electrons. The molecule has 114 valence electrons. The molecule has 21 heavy (non-hydrogen) atoms. The fraction of sp³-hybridized carbons (Fsp3) is 0.467. The van der Waals surface area contributed by atoms with E-state index >= 15 is 0 Å². The summed E-state index contributed by atoms with van der Waals surface area (Å²) in [6.07, 6.45) is 0.787. The normalized spacial score (nSPS) is 9.71. The number of aliphatic hydroxyl groups is 1. The summed E-state index contributed by atoms with van der Waals surface area (Å²) in [5.74, 6) is 5.06. The molecule has 0 spiro atoms. The lowest BCUT2D eigenvalue weighted by molar-refractivity contribution is -0.129. The Kier molecular flexibility index (Phi) is 6.92. The molecule has 0 saturated heterocycles. The van der Waals surface area contributed by atoms with Gasteiger partial charge in [0.15, 0.2) is 0 Å². The molecule has 0 unspecified atom stereocenters. The molecule has 2 amide bonds. The topological polar surface area (TPSA) is 60.9 Å². The van der Waals surface area contributed by atoms with Gasteiger partial charge in [-0.05, 0) is 18.6 Å². The van der Waals surface area contributed by atoms with E-state index in [1.165, 1.54) is 16.2 Å². The molecule has 0 fully saturated rings. The maximum absolute atomic E-state index is 12.4. The summed E-state index contributed by atoms with van der Waals surface area (Å²) in [5, 5.41) is 8.67. The molecule has 0 aliphatic heterocycles. The highest BCUT2D eigenvalue weighted by molar-refractivity contribution is 7.14. The highest BCUT2D eigenvalue weighted by Crippen LogP contribution is 2.18. The van der Waals surface area contributed by atoms with Crippen LogP contribution in [-0.2, 0) is 4.79 Å². The quantitative estimate of drug-likeness (QED) is 0.827. The van der Waals surface area contributed by atoms with E-state index in [1.807, 2.05) is 6.92 Å². The Hall–Kier alpha value is -1.84. The van der Waals surface area contributed by atoms with Gasteiger partial charge in [-0.25, -0.2) is 0 Å². The van der Waals surface area contributed by atoms with E-state index in [0.29, 0.717) is 11.4 Å². The van der Waals surface area contributed by atoms with Gasteiger partial charge in [0, 0.05) is 20.6 Å². The number of hydrogen-bond acceptors (Lipinski definition) is 4. The summed E-state index contributed by atoms with van der Waals surface area (Å²) < 4.78 is 0. The molecule has 0 aliphatic rings. The van der Waals surface area contributed by atoms with Gasteiger partial charge in [-0.3, -0.25) is 9.59 Å². The smallest absolute Gasteiger partial charge is 0.264 e. The third-order valence-electron chi connectivity index (χ3n) is 2.71. The summed E-state index contributed by atoms with van der Waals surface area (Å²) in [6.45, 7) is 2.37. The number of hydrogen-bond donors (Lipinski definition) is 1. The van der Waals surface area contributed by atoms with Crippen molar-refractivity contribution in [1.82, 2.24) is 9.80 Å². The summed E-state index contributed by atoms with van der Waals surface area (Å²) in [5.41, 5.74) is 0. The van der Waals surface area contributed by atoms with Gasteiger partial charge in [-0.15, -0.1) is 11.3 Å². The fourth-order valence-corrected chi connectivity index (χ4v) is 2.48. The van der Waals surface area contributed by atoms with Crippen LogP contribution < -0.4 is 0 Å². The van der Waals surface area contributed by atoms with Crippen LogP contribution >= 0.6 is 11.3 Å². The minimum atomic E-state index is -0.208. The molecule has 0 aliphatic carbocycles. The van der Waals surface area contributed by atoms with Gasteiger partial charge in [0.25, 0.3) is 5.91 Å². The molecule has 0 aromatic carbocycles. The molecule has 0 atom stereocenters. The second-order valence-corrected chi connectivity index (χ2v) is 5.72. The first-order valence-electron chi connectivity index (χ1n) is 6.68. The van der Waals surface area contributed by atoms with Crippen LogP contribution in [-0.4, -0.2) is 60.5 Å². The minimum Gasteiger partial charge on any atom is -0.384 e. The second kappa shape index (κ2) is 8.45. The Morgan fingerprint density at radius 3 is 2.62 bits per heavy atom. The average Bonchev–Trinajstić information content (AvgIpc) is 2.92. The molecule has 1 rings (SSSR count). The van der Waals surface area contributed by atoms with Gasteiger partial charge in [0.2, 0.25) is 5.91 Å². The summed E-state index contributed by atoms with van der Waals surface area (Å²) in [7, 11) is 3.34. The number of rotatable bonds is 5. The average molecular weight is 308 g/mol. The zero-order valence-corrected chi connectivity index (χ0v) is 13.4. The predicted molar refractivity (Wildman–Crippen MR) is 83.2 cm³/mol. The molecule has 6 heteroatoms. The Bertz CT molecular complexity index is 555. The van der Waals surface area contributed by atoms with Crippen LogP contribution in [0.15, 0.2) is 12.1 Å². The number of nitrogens with zero attached hydrogens (tertiary/aromatic N) is 2. The summed E-state index contributed by atoms with van der Waals surface area (Å²) in [4.78, 5) is 28.5. The minimum absolute atomic E-state index is 0.0786. The molecular formula is C15H20N2O3S. The van der Waals surface area contributed by atoms with Crippen molar-refractivity contribution in [2.45, 2.75) is 13.3 Å². The van der Waals surface area contributed by atoms with Crippen LogP contribution in [0.1, 0.15) is 27.9 Å². The maximum atomic E-state index is 12.4. The molecule has 1 heterocycles. The third-order valence-corrected chi connectivity index (χ3v) is 3.70. The van der Waals surface area contributed by atoms with E-state index in [2.05, 4.69) is 11.8 Å². The zero-order chi connectivity index (χ0) is 15.8. The SMILES string of the molecule is CCCN(CC(=O)N(C)C)C(=O)c1ccc(C#CCO)s1. The first kappa shape index (κ1) is 17.2. The number of thiophene rings is 1. The molecule has 5 nitrogen and oxygen atoms in total. The largest absolute Gasteiger partial charge is 0.384 e. The lowest BCUT2D eigenvalue weighted by Gasteiger charge is -2.22. The molecule has 1 N–H and O–H groups in total. The Morgan fingerprint density at radius 1 is 1.33 bits per heavy atom. The van der Waals surface area contributed by atoms with Gasteiger partial charge in [0.1, 0.15) is 13.2 Å². The Balaban J connectivity index is 2.85. The van der Waals surface area contributed by atoms with E-state index in [1.54, 1.807) is 31.1 Å². The number of carbonyl (C=O) groups excluding carboxylic acids is 2. The van der Waals surface area contributed by atoms with Crippen LogP contribution in [0.3, 0.4) is 0 Å². The molecule has 0 bridgehead atoms. The predicted octanol–water partition coefficient (Wildman–Crippen LogP) is 1.03. The van der Waals surface area contributed by atoms with E-state index in [-0.39, 0.29) is 25.0 Å². The Labute approximate surface area is 129 Å². The molecule has 1 aromatic heterocycles.